The highest BCUT2D eigenvalue weighted by molar-refractivity contribution is 5.92. The number of fused-ring (bicyclic) bond motifs is 1. The van der Waals surface area contributed by atoms with E-state index in [9.17, 15) is 9.59 Å². The van der Waals surface area contributed by atoms with Crippen LogP contribution in [0.1, 0.15) is 12.3 Å². The lowest BCUT2D eigenvalue weighted by molar-refractivity contribution is -0.143. The minimum absolute atomic E-state index is 0.0594. The van der Waals surface area contributed by atoms with Gasteiger partial charge in [0.1, 0.15) is 5.52 Å². The van der Waals surface area contributed by atoms with E-state index in [0.717, 1.165) is 5.52 Å². The van der Waals surface area contributed by atoms with Crippen molar-refractivity contribution in [1.29, 1.82) is 0 Å². The zero-order valence-corrected chi connectivity index (χ0v) is 11.2. The second-order valence-electron chi connectivity index (χ2n) is 5.06. The molecule has 1 amide bonds. The van der Waals surface area contributed by atoms with Gasteiger partial charge < -0.3 is 14.4 Å². The molecule has 6 nitrogen and oxygen atoms in total. The molecule has 0 bridgehead atoms. The second-order valence-corrected chi connectivity index (χ2v) is 5.06. The van der Waals surface area contributed by atoms with E-state index in [0.29, 0.717) is 24.6 Å². The lowest BCUT2D eigenvalue weighted by Gasteiger charge is -2.37. The van der Waals surface area contributed by atoms with Gasteiger partial charge in [-0.25, -0.2) is 4.98 Å². The van der Waals surface area contributed by atoms with Crippen LogP contribution in [0.3, 0.4) is 0 Å². The van der Waals surface area contributed by atoms with Gasteiger partial charge in [0.05, 0.1) is 6.42 Å². The first-order valence-electron chi connectivity index (χ1n) is 6.66. The predicted molar refractivity (Wildman–Crippen MR) is 75.4 cm³/mol. The summed E-state index contributed by atoms with van der Waals surface area (Å²) in [6, 6.07) is 7.37. The molecule has 0 unspecified atom stereocenters. The fraction of sp³-hybridized carbons (Fsp3) is 0.267. The van der Waals surface area contributed by atoms with Crippen LogP contribution in [-0.4, -0.2) is 40.0 Å². The third kappa shape index (κ3) is 2.94. The van der Waals surface area contributed by atoms with Crippen molar-refractivity contribution in [2.45, 2.75) is 6.42 Å². The molecule has 1 N–H and O–H groups in total. The van der Waals surface area contributed by atoms with E-state index in [1.807, 2.05) is 24.3 Å². The Bertz CT molecular complexity index is 680. The maximum absolute atomic E-state index is 11.9. The van der Waals surface area contributed by atoms with Crippen molar-refractivity contribution in [3.05, 3.63) is 36.2 Å². The fourth-order valence-electron chi connectivity index (χ4n) is 2.34. The lowest BCUT2D eigenvalue weighted by atomic mass is 9.96. The van der Waals surface area contributed by atoms with E-state index >= 15 is 0 Å². The summed E-state index contributed by atoms with van der Waals surface area (Å²) < 4.78 is 5.48. The highest BCUT2D eigenvalue weighted by Gasteiger charge is 2.30. The number of benzene rings is 1. The molecule has 1 fully saturated rings. The van der Waals surface area contributed by atoms with Crippen molar-refractivity contribution in [2.24, 2.45) is 5.92 Å². The van der Waals surface area contributed by atoms with E-state index in [-0.39, 0.29) is 18.2 Å². The summed E-state index contributed by atoms with van der Waals surface area (Å²) in [7, 11) is 0. The number of hydrogen-bond acceptors (Lipinski definition) is 4. The molecule has 1 aliphatic rings. The van der Waals surface area contributed by atoms with Crippen LogP contribution in [0.5, 0.6) is 0 Å². The van der Waals surface area contributed by atoms with Crippen LogP contribution in [0.2, 0.25) is 0 Å². The average molecular weight is 286 g/mol. The summed E-state index contributed by atoms with van der Waals surface area (Å²) in [6.07, 6.45) is 3.05. The van der Waals surface area contributed by atoms with E-state index in [2.05, 4.69) is 4.98 Å². The monoisotopic (exact) mass is 286 g/mol. The number of rotatable bonds is 4. The van der Waals surface area contributed by atoms with Crippen LogP contribution in [-0.2, 0) is 9.59 Å². The molecule has 108 valence electrons. The Morgan fingerprint density at radius 1 is 1.38 bits per heavy atom. The molecule has 0 radical (unpaired) electrons. The number of nitrogens with zero attached hydrogens (tertiary/aromatic N) is 2. The molecule has 3 rings (SSSR count). The standard InChI is InChI=1S/C15H14N2O4/c18-14(17-8-10(9-17)7-15(19)20)6-5-13-16-11-3-1-2-4-12(11)21-13/h1-6,10H,7-9H2,(H,19,20). The molecular formula is C15H14N2O4. The molecule has 0 atom stereocenters. The van der Waals surface area contributed by atoms with Gasteiger partial charge in [0.25, 0.3) is 0 Å². The number of likely N-dealkylation sites (tertiary alicyclic amines) is 1. The van der Waals surface area contributed by atoms with Gasteiger partial charge in [-0.05, 0) is 12.1 Å². The number of carbonyl (C=O) groups excluding carboxylic acids is 1. The van der Waals surface area contributed by atoms with E-state index in [4.69, 9.17) is 9.52 Å². The Morgan fingerprint density at radius 2 is 2.14 bits per heavy atom. The molecule has 21 heavy (non-hydrogen) atoms. The SMILES string of the molecule is O=C(O)CC1CN(C(=O)C=Cc2nc3ccccc3o2)C1. The Balaban J connectivity index is 1.59. The zero-order valence-electron chi connectivity index (χ0n) is 11.2. The maximum Gasteiger partial charge on any atom is 0.303 e. The molecule has 6 heteroatoms. The Morgan fingerprint density at radius 3 is 2.86 bits per heavy atom. The van der Waals surface area contributed by atoms with Crippen molar-refractivity contribution in [1.82, 2.24) is 9.88 Å². The first-order valence-corrected chi connectivity index (χ1v) is 6.66. The number of oxazole rings is 1. The number of carboxylic acids is 1. The van der Waals surface area contributed by atoms with Gasteiger partial charge in [-0.3, -0.25) is 9.59 Å². The molecule has 1 aromatic heterocycles. The number of amides is 1. The number of aliphatic carboxylic acids is 1. The summed E-state index contributed by atoms with van der Waals surface area (Å²) in [4.78, 5) is 28.2. The van der Waals surface area contributed by atoms with Gasteiger partial charge in [0.15, 0.2) is 5.58 Å². The van der Waals surface area contributed by atoms with E-state index in [1.165, 1.54) is 12.2 Å². The van der Waals surface area contributed by atoms with Gasteiger partial charge in [0.2, 0.25) is 11.8 Å². The van der Waals surface area contributed by atoms with Gasteiger partial charge in [-0.15, -0.1) is 0 Å². The summed E-state index contributed by atoms with van der Waals surface area (Å²) in [5, 5.41) is 8.66. The number of hydrogen-bond donors (Lipinski definition) is 1. The van der Waals surface area contributed by atoms with Gasteiger partial charge in [0, 0.05) is 31.2 Å². The zero-order chi connectivity index (χ0) is 14.8. The second kappa shape index (κ2) is 5.40. The van der Waals surface area contributed by atoms with Crippen LogP contribution < -0.4 is 0 Å². The number of aromatic nitrogens is 1. The van der Waals surface area contributed by atoms with Crippen LogP contribution in [0, 0.1) is 5.92 Å². The lowest BCUT2D eigenvalue weighted by Crippen LogP contribution is -2.49. The molecule has 1 aliphatic heterocycles. The highest BCUT2D eigenvalue weighted by Crippen LogP contribution is 2.20. The molecule has 0 saturated carbocycles. The van der Waals surface area contributed by atoms with Crippen LogP contribution >= 0.6 is 0 Å². The van der Waals surface area contributed by atoms with Crippen LogP contribution in [0.4, 0.5) is 0 Å². The summed E-state index contributed by atoms with van der Waals surface area (Å²) in [5.41, 5.74) is 1.42. The normalized spacial score (nSPS) is 15.5. The van der Waals surface area contributed by atoms with Crippen molar-refractivity contribution in [2.75, 3.05) is 13.1 Å². The summed E-state index contributed by atoms with van der Waals surface area (Å²) in [6.45, 7) is 0.978. The summed E-state index contributed by atoms with van der Waals surface area (Å²) >= 11 is 0. The number of para-hydroxylation sites is 2. The van der Waals surface area contributed by atoms with Crippen molar-refractivity contribution >= 4 is 29.1 Å². The van der Waals surface area contributed by atoms with Gasteiger partial charge >= 0.3 is 5.97 Å². The highest BCUT2D eigenvalue weighted by atomic mass is 16.4. The predicted octanol–water partition coefficient (Wildman–Crippen LogP) is 1.77. The summed E-state index contributed by atoms with van der Waals surface area (Å²) in [5.74, 6) is -0.538. The minimum Gasteiger partial charge on any atom is -0.481 e. The van der Waals surface area contributed by atoms with Crippen LogP contribution in [0.25, 0.3) is 17.2 Å². The Hall–Kier alpha value is -2.63. The molecule has 2 aromatic rings. The number of carbonyl (C=O) groups is 2. The van der Waals surface area contributed by atoms with Crippen molar-refractivity contribution < 1.29 is 19.1 Å². The average Bonchev–Trinajstić information content (AvgIpc) is 2.82. The van der Waals surface area contributed by atoms with Crippen LogP contribution in [0.15, 0.2) is 34.8 Å². The molecule has 1 saturated heterocycles. The topological polar surface area (TPSA) is 83.6 Å². The van der Waals surface area contributed by atoms with Gasteiger partial charge in [-0.1, -0.05) is 12.1 Å². The van der Waals surface area contributed by atoms with E-state index < -0.39 is 5.97 Å². The third-order valence-corrected chi connectivity index (χ3v) is 3.41. The smallest absolute Gasteiger partial charge is 0.303 e. The van der Waals surface area contributed by atoms with Gasteiger partial charge in [-0.2, -0.15) is 0 Å². The van der Waals surface area contributed by atoms with Crippen molar-refractivity contribution in [3.63, 3.8) is 0 Å². The first kappa shape index (κ1) is 13.4. The Kier molecular flexibility index (Phi) is 3.43. The quantitative estimate of drug-likeness (QED) is 0.866. The maximum atomic E-state index is 11.9. The minimum atomic E-state index is -0.825. The largest absolute Gasteiger partial charge is 0.481 e. The molecule has 0 aliphatic carbocycles. The van der Waals surface area contributed by atoms with E-state index in [1.54, 1.807) is 4.90 Å². The molecule has 0 spiro atoms. The van der Waals surface area contributed by atoms with Crippen molar-refractivity contribution in [3.8, 4) is 0 Å². The molecular weight excluding hydrogens is 272 g/mol. The first-order chi connectivity index (χ1) is 10.1. The third-order valence-electron chi connectivity index (χ3n) is 3.41. The Labute approximate surface area is 120 Å². The molecule has 1 aromatic carbocycles. The fourth-order valence-corrected chi connectivity index (χ4v) is 2.34. The molecule has 2 heterocycles. The number of carboxylic acid groups (broad SMARTS) is 1.